The van der Waals surface area contributed by atoms with Gasteiger partial charge in [-0.1, -0.05) is 0 Å². The molecule has 2 aromatic carbocycles. The normalized spacial score (nSPS) is 10.3. The summed E-state index contributed by atoms with van der Waals surface area (Å²) in [6.07, 6.45) is 3.02. The quantitative estimate of drug-likeness (QED) is 0.710. The first-order valence-corrected chi connectivity index (χ1v) is 7.89. The van der Waals surface area contributed by atoms with Gasteiger partial charge in [0, 0.05) is 11.3 Å². The van der Waals surface area contributed by atoms with Crippen LogP contribution in [0, 0.1) is 0 Å². The Bertz CT molecular complexity index is 796. The van der Waals surface area contributed by atoms with E-state index in [9.17, 15) is 4.79 Å². The number of oxazole rings is 1. The molecular formula is C19H18N2O4. The van der Waals surface area contributed by atoms with Crippen molar-refractivity contribution in [2.24, 2.45) is 0 Å². The zero-order valence-electron chi connectivity index (χ0n) is 13.8. The maximum Gasteiger partial charge on any atom is 0.262 e. The molecular weight excluding hydrogens is 320 g/mol. The third-order valence-corrected chi connectivity index (χ3v) is 3.39. The molecule has 0 bridgehead atoms. The van der Waals surface area contributed by atoms with Gasteiger partial charge in [-0.2, -0.15) is 0 Å². The number of benzene rings is 2. The van der Waals surface area contributed by atoms with E-state index < -0.39 is 0 Å². The van der Waals surface area contributed by atoms with Gasteiger partial charge in [0.25, 0.3) is 5.91 Å². The molecule has 3 aromatic rings. The number of ether oxygens (including phenoxy) is 2. The number of carbonyl (C=O) groups is 1. The monoisotopic (exact) mass is 338 g/mol. The number of nitrogens with one attached hydrogen (secondary N) is 1. The molecule has 1 N–H and O–H groups in total. The minimum absolute atomic E-state index is 0.0716. The first-order chi connectivity index (χ1) is 12.2. The van der Waals surface area contributed by atoms with Gasteiger partial charge in [0.1, 0.15) is 11.5 Å². The Morgan fingerprint density at radius 1 is 1.04 bits per heavy atom. The van der Waals surface area contributed by atoms with Crippen LogP contribution in [0.25, 0.3) is 11.3 Å². The molecule has 1 aromatic heterocycles. The first kappa shape index (κ1) is 16.6. The SMILES string of the molecule is CCOc1ccc(OCC(=O)Nc2ccc(-c3cnco3)cc2)cc1. The van der Waals surface area contributed by atoms with Crippen LogP contribution in [0.5, 0.6) is 11.5 Å². The lowest BCUT2D eigenvalue weighted by Crippen LogP contribution is -2.20. The van der Waals surface area contributed by atoms with E-state index in [1.165, 1.54) is 6.39 Å². The minimum atomic E-state index is -0.235. The van der Waals surface area contributed by atoms with Crippen molar-refractivity contribution in [2.45, 2.75) is 6.92 Å². The van der Waals surface area contributed by atoms with Crippen LogP contribution in [0.15, 0.2) is 65.5 Å². The molecule has 0 saturated carbocycles. The van der Waals surface area contributed by atoms with Crippen LogP contribution >= 0.6 is 0 Å². The second-order valence-electron chi connectivity index (χ2n) is 5.18. The summed E-state index contributed by atoms with van der Waals surface area (Å²) in [5.41, 5.74) is 1.57. The molecule has 0 aliphatic rings. The maximum atomic E-state index is 12.0. The van der Waals surface area contributed by atoms with Crippen LogP contribution in [0.3, 0.4) is 0 Å². The smallest absolute Gasteiger partial charge is 0.262 e. The van der Waals surface area contributed by atoms with E-state index in [1.807, 2.05) is 19.1 Å². The fraction of sp³-hybridized carbons (Fsp3) is 0.158. The lowest BCUT2D eigenvalue weighted by Gasteiger charge is -2.09. The Hall–Kier alpha value is -3.28. The van der Waals surface area contributed by atoms with E-state index in [2.05, 4.69) is 10.3 Å². The van der Waals surface area contributed by atoms with Crippen LogP contribution in [-0.2, 0) is 4.79 Å². The van der Waals surface area contributed by atoms with Crippen LogP contribution in [0.2, 0.25) is 0 Å². The molecule has 0 atom stereocenters. The van der Waals surface area contributed by atoms with E-state index in [4.69, 9.17) is 13.9 Å². The van der Waals surface area contributed by atoms with E-state index in [1.54, 1.807) is 42.6 Å². The minimum Gasteiger partial charge on any atom is -0.494 e. The summed E-state index contributed by atoms with van der Waals surface area (Å²) in [4.78, 5) is 15.9. The van der Waals surface area contributed by atoms with E-state index in [0.29, 0.717) is 23.8 Å². The van der Waals surface area contributed by atoms with Crippen LogP contribution in [0.1, 0.15) is 6.92 Å². The summed E-state index contributed by atoms with van der Waals surface area (Å²) in [5.74, 6) is 1.82. The van der Waals surface area contributed by atoms with Gasteiger partial charge in [-0.3, -0.25) is 4.79 Å². The first-order valence-electron chi connectivity index (χ1n) is 7.89. The van der Waals surface area contributed by atoms with Crippen molar-refractivity contribution in [3.8, 4) is 22.8 Å². The number of hydrogen-bond acceptors (Lipinski definition) is 5. The van der Waals surface area contributed by atoms with E-state index >= 15 is 0 Å². The summed E-state index contributed by atoms with van der Waals surface area (Å²) in [7, 11) is 0. The third-order valence-electron chi connectivity index (χ3n) is 3.39. The molecule has 1 heterocycles. The fourth-order valence-corrected chi connectivity index (χ4v) is 2.22. The number of carbonyl (C=O) groups excluding carboxylic acids is 1. The number of hydrogen-bond donors (Lipinski definition) is 1. The average Bonchev–Trinajstić information content (AvgIpc) is 3.17. The molecule has 25 heavy (non-hydrogen) atoms. The number of aromatic nitrogens is 1. The van der Waals surface area contributed by atoms with Crippen LogP contribution in [-0.4, -0.2) is 24.1 Å². The van der Waals surface area contributed by atoms with Crippen LogP contribution < -0.4 is 14.8 Å². The maximum absolute atomic E-state index is 12.0. The summed E-state index contributed by atoms with van der Waals surface area (Å²) in [6.45, 7) is 2.46. The van der Waals surface area contributed by atoms with Crippen molar-refractivity contribution >= 4 is 11.6 Å². The molecule has 0 saturated heterocycles. The Morgan fingerprint density at radius 2 is 1.72 bits per heavy atom. The largest absolute Gasteiger partial charge is 0.494 e. The number of anilines is 1. The van der Waals surface area contributed by atoms with Gasteiger partial charge >= 0.3 is 0 Å². The van der Waals surface area contributed by atoms with Gasteiger partial charge < -0.3 is 19.2 Å². The Morgan fingerprint density at radius 3 is 2.32 bits per heavy atom. The van der Waals surface area contributed by atoms with Crippen LogP contribution in [0.4, 0.5) is 5.69 Å². The zero-order valence-corrected chi connectivity index (χ0v) is 13.8. The summed E-state index contributed by atoms with van der Waals surface area (Å²) < 4.78 is 16.0. The summed E-state index contributed by atoms with van der Waals surface area (Å²) >= 11 is 0. The molecule has 0 fully saturated rings. The summed E-state index contributed by atoms with van der Waals surface area (Å²) in [6, 6.07) is 14.4. The number of nitrogens with zero attached hydrogens (tertiary/aromatic N) is 1. The molecule has 0 aliphatic carbocycles. The Labute approximate surface area is 145 Å². The fourth-order valence-electron chi connectivity index (χ4n) is 2.22. The molecule has 128 valence electrons. The highest BCUT2D eigenvalue weighted by molar-refractivity contribution is 5.92. The van der Waals surface area contributed by atoms with Crippen molar-refractivity contribution in [3.05, 3.63) is 61.1 Å². The molecule has 0 radical (unpaired) electrons. The highest BCUT2D eigenvalue weighted by Gasteiger charge is 2.06. The van der Waals surface area contributed by atoms with Crippen molar-refractivity contribution < 1.29 is 18.7 Å². The topological polar surface area (TPSA) is 73.6 Å². The van der Waals surface area contributed by atoms with Crippen molar-refractivity contribution in [3.63, 3.8) is 0 Å². The number of amides is 1. The van der Waals surface area contributed by atoms with E-state index in [0.717, 1.165) is 11.3 Å². The molecule has 1 amide bonds. The Kier molecular flexibility index (Phi) is 5.31. The second-order valence-corrected chi connectivity index (χ2v) is 5.18. The van der Waals surface area contributed by atoms with Crippen molar-refractivity contribution in [1.29, 1.82) is 0 Å². The third kappa shape index (κ3) is 4.60. The molecule has 3 rings (SSSR count). The lowest BCUT2D eigenvalue weighted by atomic mass is 10.2. The average molecular weight is 338 g/mol. The molecule has 0 unspecified atom stereocenters. The van der Waals surface area contributed by atoms with Gasteiger partial charge in [0.05, 0.1) is 12.8 Å². The van der Waals surface area contributed by atoms with Gasteiger partial charge in [0.2, 0.25) is 0 Å². The van der Waals surface area contributed by atoms with Gasteiger partial charge in [-0.15, -0.1) is 0 Å². The Balaban J connectivity index is 1.50. The standard InChI is InChI=1S/C19H18N2O4/c1-2-23-16-7-9-17(10-8-16)24-12-19(22)21-15-5-3-14(4-6-15)18-11-20-13-25-18/h3-11,13H,2,12H2,1H3,(H,21,22). The molecule has 6 heteroatoms. The summed E-state index contributed by atoms with van der Waals surface area (Å²) in [5, 5.41) is 2.78. The van der Waals surface area contributed by atoms with Gasteiger partial charge in [-0.05, 0) is 55.5 Å². The predicted molar refractivity (Wildman–Crippen MR) is 93.7 cm³/mol. The molecule has 0 aliphatic heterocycles. The van der Waals surface area contributed by atoms with Crippen molar-refractivity contribution in [2.75, 3.05) is 18.5 Å². The predicted octanol–water partition coefficient (Wildman–Crippen LogP) is 3.76. The molecule has 0 spiro atoms. The van der Waals surface area contributed by atoms with E-state index in [-0.39, 0.29) is 12.5 Å². The van der Waals surface area contributed by atoms with Gasteiger partial charge in [0.15, 0.2) is 18.8 Å². The lowest BCUT2D eigenvalue weighted by molar-refractivity contribution is -0.118. The zero-order chi connectivity index (χ0) is 17.5. The van der Waals surface area contributed by atoms with Crippen molar-refractivity contribution in [1.82, 2.24) is 4.98 Å². The molecule has 6 nitrogen and oxygen atoms in total. The highest BCUT2D eigenvalue weighted by Crippen LogP contribution is 2.21. The number of rotatable bonds is 7. The van der Waals surface area contributed by atoms with Gasteiger partial charge in [-0.25, -0.2) is 4.98 Å². The second kappa shape index (κ2) is 8.01. The highest BCUT2D eigenvalue weighted by atomic mass is 16.5.